The van der Waals surface area contributed by atoms with Gasteiger partial charge in [0.2, 0.25) is 59.1 Å². The average molecular weight is 1610 g/mol. The van der Waals surface area contributed by atoms with Gasteiger partial charge in [0, 0.05) is 60.3 Å². The lowest BCUT2D eigenvalue weighted by Gasteiger charge is -2.44. The van der Waals surface area contributed by atoms with Crippen molar-refractivity contribution in [3.8, 4) is 5.75 Å². The lowest BCUT2D eigenvalue weighted by Crippen LogP contribution is -2.64. The van der Waals surface area contributed by atoms with Crippen molar-refractivity contribution < 1.29 is 76.5 Å². The highest BCUT2D eigenvalue weighted by Gasteiger charge is 2.49. The molecule has 8 atom stereocenters. The molecule has 0 aliphatic rings. The minimum atomic E-state index is -1.80. The summed E-state index contributed by atoms with van der Waals surface area (Å²) in [6.07, 6.45) is -0.521. The van der Waals surface area contributed by atoms with E-state index in [2.05, 4.69) is 58.2 Å². The Morgan fingerprint density at radius 3 is 1.59 bits per heavy atom. The number of nitrogens with one attached hydrogen (secondary N) is 11. The second-order valence-electron chi connectivity index (χ2n) is 31.0. The highest BCUT2D eigenvalue weighted by molar-refractivity contribution is 8.02. The van der Waals surface area contributed by atoms with Crippen molar-refractivity contribution in [3.05, 3.63) is 173 Å². The van der Waals surface area contributed by atoms with E-state index in [1.165, 1.54) is 39.5 Å². The minimum absolute atomic E-state index is 0.0190. The van der Waals surface area contributed by atoms with Crippen molar-refractivity contribution in [2.75, 3.05) is 32.7 Å². The van der Waals surface area contributed by atoms with E-state index in [1.54, 1.807) is 99.7 Å². The number of hydrogen-bond donors (Lipinski definition) is 12. The predicted octanol–water partition coefficient (Wildman–Crippen LogP) is 7.64. The van der Waals surface area contributed by atoms with Crippen molar-refractivity contribution in [2.45, 2.75) is 223 Å². The summed E-state index contributed by atoms with van der Waals surface area (Å²) in [5.74, 6) is -8.22. The molecular formula is C84H114N12O16S2. The summed E-state index contributed by atoms with van der Waals surface area (Å²) < 4.78 is 19.1. The van der Waals surface area contributed by atoms with Gasteiger partial charge in [-0.2, -0.15) is 0 Å². The highest BCUT2D eigenvalue weighted by Crippen LogP contribution is 2.54. The number of rotatable bonds is 42. The largest absolute Gasteiger partial charge is 0.492 e. The zero-order valence-electron chi connectivity index (χ0n) is 68.1. The first-order chi connectivity index (χ1) is 53.6. The fraction of sp³-hybridized carbons (Fsp3) is 0.476. The van der Waals surface area contributed by atoms with Crippen LogP contribution in [0.2, 0.25) is 0 Å². The fourth-order valence-electron chi connectivity index (χ4n) is 12.9. The smallest absolute Gasteiger partial charge is 0.407 e. The molecule has 0 fully saturated rings. The van der Waals surface area contributed by atoms with Crippen molar-refractivity contribution in [1.82, 2.24) is 58.2 Å². The molecule has 6 rings (SSSR count). The van der Waals surface area contributed by atoms with Crippen LogP contribution in [0, 0.1) is 6.92 Å². The molecule has 5 aromatic carbocycles. The Morgan fingerprint density at radius 1 is 0.518 bits per heavy atom. The minimum Gasteiger partial charge on any atom is -0.492 e. The molecule has 0 saturated heterocycles. The van der Waals surface area contributed by atoms with Crippen LogP contribution in [0.3, 0.4) is 0 Å². The Morgan fingerprint density at radius 2 is 1.05 bits per heavy atom. The number of hydrogen-bond acceptors (Lipinski definition) is 18. The van der Waals surface area contributed by atoms with E-state index in [4.69, 9.17) is 24.7 Å². The summed E-state index contributed by atoms with van der Waals surface area (Å²) in [6, 6.07) is 30.6. The molecule has 1 heterocycles. The second kappa shape index (κ2) is 42.6. The van der Waals surface area contributed by atoms with E-state index < -0.39 is 140 Å². The maximum atomic E-state index is 15.6. The van der Waals surface area contributed by atoms with E-state index in [0.717, 1.165) is 52.2 Å². The summed E-state index contributed by atoms with van der Waals surface area (Å²) in [5, 5.41) is 28.3. The van der Waals surface area contributed by atoms with E-state index in [1.807, 2.05) is 116 Å². The summed E-state index contributed by atoms with van der Waals surface area (Å²) in [7, 11) is 1.16. The van der Waals surface area contributed by atoms with Crippen molar-refractivity contribution in [3.63, 3.8) is 0 Å². The zero-order chi connectivity index (χ0) is 84.3. The number of fused-ring (bicyclic) bond motifs is 1. The van der Waals surface area contributed by atoms with Crippen LogP contribution in [0.4, 0.5) is 4.79 Å². The second-order valence-corrected chi connectivity index (χ2v) is 34.5. The number of benzene rings is 5. The number of carbonyl (C=O) groups excluding carboxylic acids is 12. The molecule has 1 unspecified atom stereocenters. The standard InChI is InChI=1S/C84H114N12O16S2/c1-51-29-28-36-62-57(49-88-68(51)62)47-65(73(102)91-63(37-26-27-44-86-53(3)97)72(101)96-70(82(12,13)113-50-89-54(4)98)76(105)92-64(78(107)109-16)43-40-56-38-41-61(42-39-56)110-46-45-87-79(108)112-81(9,10)11)93-75(104)69(52(2)111-80(6,7)8)95-74(103)66(48-67(85)100)94-77(106)71(90-55(5)99)83(14,15)114-84(58-30-20-17-21-31-58,59-32-22-18-23-33-59)60-34-24-19-25-35-60/h17-25,28-36,38-39,41-42,49,52,63-66,69-71,88H,26-27,37,40,43-48,50H2,1-16H3,(H2,85,100)(H,86,97)(H,87,108)(H,89,98)(H,90,99)(H,91,102)(H,92,105)(H,93,104)(H,94,106)(H,95,103)(H,96,101)/t52?,63-,64-,65-,66-,69-,70+,71+/m0/s1. The molecule has 6 aromatic rings. The molecule has 0 radical (unpaired) electrons. The van der Waals surface area contributed by atoms with Crippen molar-refractivity contribution >= 4 is 106 Å². The lowest BCUT2D eigenvalue weighted by atomic mass is 9.84. The predicted molar refractivity (Wildman–Crippen MR) is 440 cm³/mol. The Kier molecular flexibility index (Phi) is 34.5. The maximum Gasteiger partial charge on any atom is 0.407 e. The monoisotopic (exact) mass is 1610 g/mol. The molecule has 30 heteroatoms. The Balaban J connectivity index is 1.35. The van der Waals surface area contributed by atoms with Gasteiger partial charge in [-0.25, -0.2) is 9.59 Å². The van der Waals surface area contributed by atoms with Crippen LogP contribution in [-0.4, -0.2) is 178 Å². The first-order valence-electron chi connectivity index (χ1n) is 38.0. The number of primary amides is 1. The van der Waals surface area contributed by atoms with Crippen LogP contribution in [0.25, 0.3) is 10.9 Å². The number of alkyl carbamates (subject to hydrolysis) is 1. The maximum absolute atomic E-state index is 15.6. The highest BCUT2D eigenvalue weighted by atomic mass is 32.2. The van der Waals surface area contributed by atoms with E-state index in [-0.39, 0.29) is 69.5 Å². The molecule has 28 nitrogen and oxygen atoms in total. The molecule has 114 heavy (non-hydrogen) atoms. The first-order valence-corrected chi connectivity index (χ1v) is 39.8. The summed E-state index contributed by atoms with van der Waals surface area (Å²) in [5.41, 5.74) is 9.63. The molecule has 618 valence electrons. The van der Waals surface area contributed by atoms with Gasteiger partial charge in [-0.15, -0.1) is 23.5 Å². The number of methoxy groups -OCH3 is 1. The van der Waals surface area contributed by atoms with Gasteiger partial charge in [-0.05, 0) is 161 Å². The molecular weight excluding hydrogens is 1500 g/mol. The molecule has 11 amide bonds. The van der Waals surface area contributed by atoms with Gasteiger partial charge in [0.15, 0.2) is 0 Å². The molecule has 0 aliphatic carbocycles. The number of nitrogens with two attached hydrogens (primary N) is 1. The van der Waals surface area contributed by atoms with E-state index >= 15 is 28.8 Å². The Hall–Kier alpha value is -10.5. The van der Waals surface area contributed by atoms with E-state index in [9.17, 15) is 28.8 Å². The molecule has 0 saturated carbocycles. The molecule has 13 N–H and O–H groups in total. The fourth-order valence-corrected chi connectivity index (χ4v) is 15.7. The summed E-state index contributed by atoms with van der Waals surface area (Å²) in [4.78, 5) is 172. The van der Waals surface area contributed by atoms with Gasteiger partial charge in [-0.3, -0.25) is 47.9 Å². The van der Waals surface area contributed by atoms with Crippen molar-refractivity contribution in [2.24, 2.45) is 5.73 Å². The number of thioether (sulfide) groups is 2. The van der Waals surface area contributed by atoms with Gasteiger partial charge in [0.1, 0.15) is 60.3 Å². The number of amides is 11. The van der Waals surface area contributed by atoms with E-state index in [0.29, 0.717) is 23.1 Å². The number of carbonyl (C=O) groups is 12. The number of para-hydroxylation sites is 1. The summed E-state index contributed by atoms with van der Waals surface area (Å²) >= 11 is 2.48. The third-order valence-electron chi connectivity index (χ3n) is 18.4. The normalized spacial score (nSPS) is 13.9. The number of unbranched alkanes of at least 4 members (excludes halogenated alkanes) is 1. The third-order valence-corrected chi connectivity index (χ3v) is 21.4. The third kappa shape index (κ3) is 28.6. The number of aromatic amines is 1. The zero-order valence-corrected chi connectivity index (χ0v) is 69.7. The Labute approximate surface area is 676 Å². The number of esters is 1. The molecule has 0 spiro atoms. The average Bonchev–Trinajstić information content (AvgIpc) is 0.856. The first kappa shape index (κ1) is 92.4. The van der Waals surface area contributed by atoms with Gasteiger partial charge in [0.05, 0.1) is 42.4 Å². The van der Waals surface area contributed by atoms with Crippen LogP contribution in [-0.2, 0) is 84.5 Å². The Bertz CT molecular complexity index is 4170. The van der Waals surface area contributed by atoms with Gasteiger partial charge >= 0.3 is 12.1 Å². The number of ether oxygens (including phenoxy) is 4. The van der Waals surface area contributed by atoms with Crippen molar-refractivity contribution in [1.29, 1.82) is 0 Å². The van der Waals surface area contributed by atoms with Gasteiger partial charge in [-0.1, -0.05) is 121 Å². The van der Waals surface area contributed by atoms with Crippen LogP contribution in [0.1, 0.15) is 162 Å². The molecule has 0 bridgehead atoms. The SMILES string of the molecule is COC(=O)[C@H](CCc1ccc(OCCNC(=O)OC(C)(C)C)cc1)NC(=O)[C@@H](NC(=O)[C@H](CCCCNC(C)=O)NC(=O)[C@H](Cc1c[nH]c2c(C)cccc12)NC(=O)[C@@H](NC(=O)[C@H](CC(N)=O)NC(=O)[C@@H](NC(C)=O)C(C)(C)SC(c1ccccc1)(c1ccccc1)c1ccccc1)C(C)OC(C)(C)C)C(C)(C)SCNC(C)=O. The molecule has 0 aliphatic heterocycles. The number of aryl methyl sites for hydroxylation is 2. The van der Waals surface area contributed by atoms with Crippen LogP contribution in [0.5, 0.6) is 5.75 Å². The van der Waals surface area contributed by atoms with Crippen LogP contribution < -0.4 is 63.6 Å². The number of H-pyrrole nitrogens is 1. The quantitative estimate of drug-likeness (QED) is 0.00758. The number of aromatic nitrogens is 1. The van der Waals surface area contributed by atoms with Gasteiger partial charge in [0.25, 0.3) is 0 Å². The molecule has 1 aromatic heterocycles. The summed E-state index contributed by atoms with van der Waals surface area (Å²) in [6.45, 7) is 25.0. The van der Waals surface area contributed by atoms with Crippen LogP contribution >= 0.6 is 23.5 Å². The lowest BCUT2D eigenvalue weighted by molar-refractivity contribution is -0.145. The topological polar surface area (TPSA) is 404 Å². The van der Waals surface area contributed by atoms with Crippen LogP contribution in [0.15, 0.2) is 140 Å². The van der Waals surface area contributed by atoms with Gasteiger partial charge < -0.3 is 82.8 Å².